The van der Waals surface area contributed by atoms with Gasteiger partial charge in [-0.15, -0.1) is 0 Å². The zero-order chi connectivity index (χ0) is 14.8. The summed E-state index contributed by atoms with van der Waals surface area (Å²) in [5, 5.41) is 5.68. The monoisotopic (exact) mass is 281 g/mol. The highest BCUT2D eigenvalue weighted by molar-refractivity contribution is 5.81. The van der Waals surface area contributed by atoms with Crippen molar-refractivity contribution in [2.75, 3.05) is 0 Å². The summed E-state index contributed by atoms with van der Waals surface area (Å²) in [6.07, 6.45) is 0. The fourth-order valence-corrected chi connectivity index (χ4v) is 2.62. The molecular weight excluding hydrogens is 262 g/mol. The molecule has 1 aromatic heterocycles. The molecule has 1 heterocycles. The van der Waals surface area contributed by atoms with E-state index in [0.29, 0.717) is 13.2 Å². The number of hydrogen-bond acceptors (Lipinski definition) is 3. The van der Waals surface area contributed by atoms with E-state index in [9.17, 15) is 0 Å². The minimum Gasteiger partial charge on any atom is -0.487 e. The zero-order valence-electron chi connectivity index (χ0n) is 12.3. The van der Waals surface area contributed by atoms with E-state index < -0.39 is 0 Å². The van der Waals surface area contributed by atoms with Crippen molar-refractivity contribution >= 4 is 10.9 Å². The molecule has 3 rings (SSSR count). The fraction of sp³-hybridized carbons (Fsp3) is 0.235. The first-order chi connectivity index (χ1) is 10.2. The lowest BCUT2D eigenvalue weighted by Gasteiger charge is -2.12. The average molecular weight is 281 g/mol. The molecule has 4 nitrogen and oxygen atoms in total. The van der Waals surface area contributed by atoms with E-state index in [-0.39, 0.29) is 0 Å². The molecule has 3 aromatic rings. The molecule has 0 saturated heterocycles. The molecule has 0 radical (unpaired) electrons. The zero-order valence-corrected chi connectivity index (χ0v) is 12.3. The van der Waals surface area contributed by atoms with E-state index in [4.69, 9.17) is 10.5 Å². The molecule has 108 valence electrons. The smallest absolute Gasteiger partial charge is 0.133 e. The maximum absolute atomic E-state index is 6.01. The Kier molecular flexibility index (Phi) is 3.62. The molecule has 2 aromatic carbocycles. The third-order valence-electron chi connectivity index (χ3n) is 3.70. The molecule has 0 fully saturated rings. The highest BCUT2D eigenvalue weighted by atomic mass is 16.5. The summed E-state index contributed by atoms with van der Waals surface area (Å²) in [6.45, 7) is 2.95. The van der Waals surface area contributed by atoms with Crippen LogP contribution in [0.5, 0.6) is 5.75 Å². The lowest BCUT2D eigenvalue weighted by atomic mass is 10.1. The highest BCUT2D eigenvalue weighted by Crippen LogP contribution is 2.25. The number of nitrogens with zero attached hydrogens (tertiary/aromatic N) is 2. The molecule has 0 aliphatic heterocycles. The van der Waals surface area contributed by atoms with Crippen molar-refractivity contribution in [1.82, 2.24) is 9.78 Å². The van der Waals surface area contributed by atoms with E-state index in [1.54, 1.807) is 0 Å². The van der Waals surface area contributed by atoms with E-state index in [2.05, 4.69) is 17.2 Å². The minimum absolute atomic E-state index is 0.444. The number of nitrogens with two attached hydrogens (primary N) is 1. The van der Waals surface area contributed by atoms with Crippen molar-refractivity contribution in [1.29, 1.82) is 0 Å². The van der Waals surface area contributed by atoms with Crippen molar-refractivity contribution in [3.8, 4) is 5.75 Å². The Bertz CT molecular complexity index is 777. The molecular formula is C17H19N3O. The molecule has 0 spiro atoms. The van der Waals surface area contributed by atoms with Crippen molar-refractivity contribution in [3.63, 3.8) is 0 Å². The number of para-hydroxylation sites is 2. The van der Waals surface area contributed by atoms with Crippen LogP contribution in [-0.4, -0.2) is 9.78 Å². The van der Waals surface area contributed by atoms with Crippen molar-refractivity contribution in [2.45, 2.75) is 20.1 Å². The van der Waals surface area contributed by atoms with E-state index in [1.807, 2.05) is 49.0 Å². The van der Waals surface area contributed by atoms with Crippen LogP contribution < -0.4 is 10.5 Å². The van der Waals surface area contributed by atoms with Gasteiger partial charge >= 0.3 is 0 Å². The van der Waals surface area contributed by atoms with E-state index in [0.717, 1.165) is 33.5 Å². The molecule has 2 N–H and O–H groups in total. The van der Waals surface area contributed by atoms with Gasteiger partial charge in [-0.3, -0.25) is 4.68 Å². The maximum atomic E-state index is 6.01. The molecule has 0 amide bonds. The van der Waals surface area contributed by atoms with Gasteiger partial charge in [-0.2, -0.15) is 5.10 Å². The topological polar surface area (TPSA) is 53.1 Å². The summed E-state index contributed by atoms with van der Waals surface area (Å²) >= 11 is 0. The Balaban J connectivity index is 1.91. The second-order valence-electron chi connectivity index (χ2n) is 5.14. The third-order valence-corrected chi connectivity index (χ3v) is 3.70. The molecule has 0 atom stereocenters. The summed E-state index contributed by atoms with van der Waals surface area (Å²) in [7, 11) is 1.95. The van der Waals surface area contributed by atoms with Gasteiger partial charge in [0.25, 0.3) is 0 Å². The number of aryl methyl sites for hydroxylation is 2. The van der Waals surface area contributed by atoms with Gasteiger partial charge in [0.1, 0.15) is 18.1 Å². The highest BCUT2D eigenvalue weighted by Gasteiger charge is 2.11. The predicted molar refractivity (Wildman–Crippen MR) is 84.1 cm³/mol. The van der Waals surface area contributed by atoms with Crippen molar-refractivity contribution in [2.24, 2.45) is 12.8 Å². The van der Waals surface area contributed by atoms with Gasteiger partial charge in [-0.1, -0.05) is 36.4 Å². The largest absolute Gasteiger partial charge is 0.487 e. The Hall–Kier alpha value is -2.33. The van der Waals surface area contributed by atoms with Crippen LogP contribution in [0.25, 0.3) is 10.9 Å². The van der Waals surface area contributed by atoms with Crippen LogP contribution in [0.1, 0.15) is 16.8 Å². The van der Waals surface area contributed by atoms with Crippen LogP contribution in [0.2, 0.25) is 0 Å². The number of hydrogen-bond donors (Lipinski definition) is 1. The van der Waals surface area contributed by atoms with E-state index in [1.165, 1.54) is 0 Å². The lowest BCUT2D eigenvalue weighted by molar-refractivity contribution is 0.296. The van der Waals surface area contributed by atoms with Crippen LogP contribution in [0, 0.1) is 6.92 Å². The van der Waals surface area contributed by atoms with Gasteiger partial charge in [0, 0.05) is 24.5 Å². The molecule has 0 saturated carbocycles. The van der Waals surface area contributed by atoms with Gasteiger partial charge < -0.3 is 10.5 Å². The standard InChI is InChI=1S/C17H19N3O/c1-12-6-5-7-13(10-18)17(12)21-11-15-14-8-3-4-9-16(14)20(2)19-15/h3-9H,10-11,18H2,1-2H3. The maximum Gasteiger partial charge on any atom is 0.133 e. The second-order valence-corrected chi connectivity index (χ2v) is 5.14. The Morgan fingerprint density at radius 3 is 2.76 bits per heavy atom. The summed E-state index contributed by atoms with van der Waals surface area (Å²) in [5.41, 5.74) is 9.96. The van der Waals surface area contributed by atoms with Gasteiger partial charge in [-0.25, -0.2) is 0 Å². The quantitative estimate of drug-likeness (QED) is 0.800. The first kappa shape index (κ1) is 13.6. The van der Waals surface area contributed by atoms with Crippen LogP contribution in [0.4, 0.5) is 0 Å². The van der Waals surface area contributed by atoms with Crippen LogP contribution >= 0.6 is 0 Å². The SMILES string of the molecule is Cc1cccc(CN)c1OCc1nn(C)c2ccccc12. The molecule has 0 aliphatic carbocycles. The van der Waals surface area contributed by atoms with Gasteiger partial charge in [-0.05, 0) is 18.6 Å². The molecule has 0 bridgehead atoms. The first-order valence-corrected chi connectivity index (χ1v) is 7.02. The third kappa shape index (κ3) is 2.50. The Labute approximate surface area is 124 Å². The van der Waals surface area contributed by atoms with Crippen LogP contribution in [-0.2, 0) is 20.2 Å². The normalized spacial score (nSPS) is 11.0. The lowest BCUT2D eigenvalue weighted by Crippen LogP contribution is -2.05. The van der Waals surface area contributed by atoms with Crippen molar-refractivity contribution in [3.05, 3.63) is 59.3 Å². The fourth-order valence-electron chi connectivity index (χ4n) is 2.62. The van der Waals surface area contributed by atoms with Gasteiger partial charge in [0.05, 0.1) is 5.52 Å². The number of rotatable bonds is 4. The Morgan fingerprint density at radius 1 is 1.14 bits per heavy atom. The van der Waals surface area contributed by atoms with Gasteiger partial charge in [0.2, 0.25) is 0 Å². The molecule has 0 aliphatic rings. The summed E-state index contributed by atoms with van der Waals surface area (Å²) in [6, 6.07) is 14.2. The summed E-state index contributed by atoms with van der Waals surface area (Å²) in [4.78, 5) is 0. The van der Waals surface area contributed by atoms with Crippen LogP contribution in [0.15, 0.2) is 42.5 Å². The summed E-state index contributed by atoms with van der Waals surface area (Å²) in [5.74, 6) is 0.870. The number of ether oxygens (including phenoxy) is 1. The average Bonchev–Trinajstić information content (AvgIpc) is 2.83. The van der Waals surface area contributed by atoms with E-state index >= 15 is 0 Å². The molecule has 4 heteroatoms. The molecule has 0 unspecified atom stereocenters. The number of aromatic nitrogens is 2. The number of fused-ring (bicyclic) bond motifs is 1. The van der Waals surface area contributed by atoms with Crippen LogP contribution in [0.3, 0.4) is 0 Å². The van der Waals surface area contributed by atoms with Crippen molar-refractivity contribution < 1.29 is 4.74 Å². The second kappa shape index (κ2) is 5.58. The Morgan fingerprint density at radius 2 is 1.95 bits per heavy atom. The van der Waals surface area contributed by atoms with Gasteiger partial charge in [0.15, 0.2) is 0 Å². The summed E-state index contributed by atoms with van der Waals surface area (Å²) < 4.78 is 7.90. The number of benzene rings is 2. The first-order valence-electron chi connectivity index (χ1n) is 7.02. The predicted octanol–water partition coefficient (Wildman–Crippen LogP) is 2.92. The minimum atomic E-state index is 0.444. The molecule has 21 heavy (non-hydrogen) atoms.